The lowest BCUT2D eigenvalue weighted by Crippen LogP contribution is -2.58. The van der Waals surface area contributed by atoms with Gasteiger partial charge in [0.15, 0.2) is 5.96 Å². The summed E-state index contributed by atoms with van der Waals surface area (Å²) in [5, 5.41) is 29.7. The minimum atomic E-state index is -1.15. The summed E-state index contributed by atoms with van der Waals surface area (Å²) in [7, 11) is 0. The van der Waals surface area contributed by atoms with Crippen LogP contribution in [-0.2, 0) is 30.4 Å². The lowest BCUT2D eigenvalue weighted by molar-refractivity contribution is -0.134. The van der Waals surface area contributed by atoms with Crippen molar-refractivity contribution in [3.8, 4) is 5.75 Å². The lowest BCUT2D eigenvalue weighted by atomic mass is 10.0. The zero-order valence-corrected chi connectivity index (χ0v) is 28.1. The molecule has 0 radical (unpaired) electrons. The van der Waals surface area contributed by atoms with Crippen molar-refractivity contribution in [1.29, 1.82) is 5.41 Å². The number of nitrogens with two attached hydrogens (primary N) is 3. The average molecular weight is 684 g/mol. The van der Waals surface area contributed by atoms with Gasteiger partial charge in [0.2, 0.25) is 28.7 Å². The Labute approximate surface area is 279 Å². The van der Waals surface area contributed by atoms with E-state index in [1.165, 1.54) is 30.8 Å². The molecule has 0 saturated heterocycles. The maximum absolute atomic E-state index is 13.6. The van der Waals surface area contributed by atoms with Crippen LogP contribution < -0.4 is 43.8 Å². The molecule has 0 aliphatic heterocycles. The standard InChI is InChI=1S/C29H49N9O6S2/c1-17(24(40)37-22(28(44)45)12-15-46-2)35-26(42)21(7-5-14-34-29(32)33)36-27(43)23(16-18-8-10-19(39)11-9-18)38-25(41)20(31)6-3-4-13-30/h8-11,17,20-23,39H,3-7,12-16,30-31H2,1-2H3,(H,35,42)(H,36,43)(H,37,40)(H,38,41)(H,44,45)(H4,32,33,34)/t17?,20-,21-,22-,23?/m0/s1. The van der Waals surface area contributed by atoms with E-state index in [9.17, 15) is 29.1 Å². The van der Waals surface area contributed by atoms with Crippen LogP contribution >= 0.6 is 24.4 Å². The molecule has 1 aromatic carbocycles. The fourth-order valence-electron chi connectivity index (χ4n) is 4.24. The van der Waals surface area contributed by atoms with Gasteiger partial charge in [0, 0.05) is 13.0 Å². The third-order valence-corrected chi connectivity index (χ3v) is 7.87. The Morgan fingerprint density at radius 3 is 2.07 bits per heavy atom. The Kier molecular flexibility index (Phi) is 19.4. The lowest BCUT2D eigenvalue weighted by Gasteiger charge is -2.26. The Morgan fingerprint density at radius 1 is 0.870 bits per heavy atom. The number of carbonyl (C=O) groups is 5. The van der Waals surface area contributed by atoms with Gasteiger partial charge in [-0.25, -0.2) is 0 Å². The van der Waals surface area contributed by atoms with Crippen molar-refractivity contribution in [2.75, 3.05) is 25.1 Å². The summed E-state index contributed by atoms with van der Waals surface area (Å²) in [6.45, 7) is 2.13. The van der Waals surface area contributed by atoms with Gasteiger partial charge < -0.3 is 48.9 Å². The Bertz CT molecular complexity index is 1160. The maximum Gasteiger partial charge on any atom is 0.243 e. The highest BCUT2D eigenvalue weighted by atomic mass is 32.2. The Hall–Kier alpha value is -3.54. The molecular weight excluding hydrogens is 635 g/mol. The van der Waals surface area contributed by atoms with E-state index in [1.807, 2.05) is 6.26 Å². The number of unbranched alkanes of at least 4 members (excludes halogenated alkanes) is 1. The van der Waals surface area contributed by atoms with Gasteiger partial charge in [-0.05, 0) is 75.3 Å². The minimum Gasteiger partial charge on any atom is -0.508 e. The number of phenols is 1. The molecule has 0 fully saturated rings. The van der Waals surface area contributed by atoms with Gasteiger partial charge in [-0.3, -0.25) is 29.4 Å². The number of rotatable bonds is 22. The van der Waals surface area contributed by atoms with Crippen molar-refractivity contribution in [3.63, 3.8) is 0 Å². The molecule has 258 valence electrons. The van der Waals surface area contributed by atoms with E-state index in [0.717, 1.165) is 0 Å². The summed E-state index contributed by atoms with van der Waals surface area (Å²) in [6, 6.07) is 1.03. The van der Waals surface area contributed by atoms with Crippen molar-refractivity contribution in [3.05, 3.63) is 29.8 Å². The normalized spacial score (nSPS) is 14.1. The van der Waals surface area contributed by atoms with Gasteiger partial charge in [-0.15, -0.1) is 12.6 Å². The van der Waals surface area contributed by atoms with Gasteiger partial charge in [-0.1, -0.05) is 18.6 Å². The first-order valence-electron chi connectivity index (χ1n) is 15.0. The molecule has 0 saturated carbocycles. The molecule has 0 aliphatic rings. The van der Waals surface area contributed by atoms with Crippen molar-refractivity contribution in [2.24, 2.45) is 17.2 Å². The molecule has 1 rings (SSSR count). The number of thioether (sulfide) groups is 1. The minimum absolute atomic E-state index is 0.0269. The number of hydrogen-bond acceptors (Lipinski definition) is 10. The van der Waals surface area contributed by atoms with Crippen LogP contribution in [0.3, 0.4) is 0 Å². The van der Waals surface area contributed by atoms with Gasteiger partial charge in [0.1, 0.15) is 23.9 Å². The molecule has 17 heteroatoms. The fourth-order valence-corrected chi connectivity index (χ4v) is 4.90. The van der Waals surface area contributed by atoms with Crippen LogP contribution in [0.1, 0.15) is 51.0 Å². The molecule has 15 nitrogen and oxygen atoms in total. The molecule has 46 heavy (non-hydrogen) atoms. The van der Waals surface area contributed by atoms with E-state index < -0.39 is 59.0 Å². The Balaban J connectivity index is 3.13. The maximum atomic E-state index is 13.6. The monoisotopic (exact) mass is 683 g/mol. The topological polar surface area (TPSA) is 268 Å². The molecule has 2 unspecified atom stereocenters. The van der Waals surface area contributed by atoms with E-state index in [4.69, 9.17) is 22.6 Å². The largest absolute Gasteiger partial charge is 0.508 e. The molecule has 0 aromatic heterocycles. The summed E-state index contributed by atoms with van der Waals surface area (Å²) < 4.78 is 0. The average Bonchev–Trinajstić information content (AvgIpc) is 3.00. The highest BCUT2D eigenvalue weighted by Gasteiger charge is 2.30. The second-order valence-corrected chi connectivity index (χ2v) is 12.2. The molecule has 0 aliphatic carbocycles. The third kappa shape index (κ3) is 16.1. The zero-order chi connectivity index (χ0) is 34.6. The van der Waals surface area contributed by atoms with Crippen molar-refractivity contribution in [2.45, 2.75) is 82.1 Å². The first-order valence-corrected chi connectivity index (χ1v) is 16.9. The number of nitrogens with one attached hydrogen (secondary N) is 6. The van der Waals surface area contributed by atoms with Crippen LogP contribution in [0.15, 0.2) is 24.3 Å². The zero-order valence-electron chi connectivity index (χ0n) is 26.3. The molecule has 0 bridgehead atoms. The fraction of sp³-hybridized carbons (Fsp3) is 0.586. The van der Waals surface area contributed by atoms with Crippen LogP contribution in [0.25, 0.3) is 0 Å². The number of hydrogen-bond donors (Lipinski definition) is 11. The summed E-state index contributed by atoms with van der Waals surface area (Å²) in [5.74, 6) is -2.13. The molecule has 1 aromatic rings. The van der Waals surface area contributed by atoms with E-state index in [-0.39, 0.29) is 31.1 Å². The van der Waals surface area contributed by atoms with Crippen LogP contribution in [0.2, 0.25) is 0 Å². The number of carbonyl (C=O) groups excluding carboxylic acids is 5. The molecule has 0 heterocycles. The summed E-state index contributed by atoms with van der Waals surface area (Å²) in [6.07, 6.45) is 4.34. The summed E-state index contributed by atoms with van der Waals surface area (Å²) in [5.41, 5.74) is 17.6. The number of guanidine groups is 1. The first-order chi connectivity index (χ1) is 21.8. The summed E-state index contributed by atoms with van der Waals surface area (Å²) in [4.78, 5) is 64.6. The number of amides is 4. The van der Waals surface area contributed by atoms with E-state index >= 15 is 0 Å². The first kappa shape index (κ1) is 40.5. The molecule has 5 atom stereocenters. The second kappa shape index (κ2) is 22.1. The second-order valence-electron chi connectivity index (χ2n) is 10.8. The van der Waals surface area contributed by atoms with Gasteiger partial charge in [0.25, 0.3) is 0 Å². The molecule has 4 amide bonds. The van der Waals surface area contributed by atoms with Crippen LogP contribution in [0, 0.1) is 5.41 Å². The SMILES string of the molecule is CSCC[C@H](NC(=O)C(C)NC(=O)[C@H](CCCNC(=N)N)NC(=O)C(Cc1ccc(O)cc1)NC(=O)[C@@H](N)CCCCN)C(=O)S. The van der Waals surface area contributed by atoms with E-state index in [1.54, 1.807) is 12.1 Å². The van der Waals surface area contributed by atoms with Crippen LogP contribution in [-0.4, -0.2) is 95.1 Å². The number of aromatic hydroxyl groups is 1. The van der Waals surface area contributed by atoms with Gasteiger partial charge in [-0.2, -0.15) is 11.8 Å². The van der Waals surface area contributed by atoms with Crippen molar-refractivity contribution < 1.29 is 29.1 Å². The predicted octanol–water partition coefficient (Wildman–Crippen LogP) is -1.18. The third-order valence-electron chi connectivity index (χ3n) is 6.91. The highest BCUT2D eigenvalue weighted by Crippen LogP contribution is 2.12. The van der Waals surface area contributed by atoms with Gasteiger partial charge in [0.05, 0.1) is 12.1 Å². The number of benzene rings is 1. The molecular formula is C29H49N9O6S2. The highest BCUT2D eigenvalue weighted by molar-refractivity contribution is 7.98. The van der Waals surface area contributed by atoms with Crippen molar-refractivity contribution >= 4 is 59.1 Å². The Morgan fingerprint density at radius 2 is 1.48 bits per heavy atom. The smallest absolute Gasteiger partial charge is 0.243 e. The number of thiol groups is 1. The predicted molar refractivity (Wildman–Crippen MR) is 182 cm³/mol. The van der Waals surface area contributed by atoms with E-state index in [2.05, 4.69) is 39.2 Å². The molecule has 13 N–H and O–H groups in total. The van der Waals surface area contributed by atoms with E-state index in [0.29, 0.717) is 50.0 Å². The molecule has 0 spiro atoms. The van der Waals surface area contributed by atoms with Gasteiger partial charge >= 0.3 is 0 Å². The number of phenolic OH excluding ortho intramolecular Hbond substituents is 1. The van der Waals surface area contributed by atoms with Crippen LogP contribution in [0.5, 0.6) is 5.75 Å². The summed E-state index contributed by atoms with van der Waals surface area (Å²) >= 11 is 5.35. The van der Waals surface area contributed by atoms with Crippen LogP contribution in [0.4, 0.5) is 0 Å². The quantitative estimate of drug-likeness (QED) is 0.0300. The van der Waals surface area contributed by atoms with Crippen molar-refractivity contribution in [1.82, 2.24) is 26.6 Å².